The number of carbonyl (C=O) groups excluding carboxylic acids is 1. The molecule has 2 aromatic rings. The Morgan fingerprint density at radius 2 is 2.35 bits per heavy atom. The molecule has 0 atom stereocenters. The normalized spacial score (nSPS) is 10.3. The van der Waals surface area contributed by atoms with Gasteiger partial charge < -0.3 is 15.8 Å². The number of methoxy groups -OCH3 is 1. The van der Waals surface area contributed by atoms with Crippen LogP contribution in [0.1, 0.15) is 21.1 Å². The van der Waals surface area contributed by atoms with Gasteiger partial charge in [0.05, 0.1) is 29.1 Å². The number of nitrogens with zero attached hydrogens (tertiary/aromatic N) is 2. The van der Waals surface area contributed by atoms with Crippen LogP contribution in [0.25, 0.3) is 0 Å². The van der Waals surface area contributed by atoms with Gasteiger partial charge in [-0.05, 0) is 13.0 Å². The molecule has 2 heterocycles. The maximum atomic E-state index is 11.5. The van der Waals surface area contributed by atoms with Crippen LogP contribution in [-0.4, -0.2) is 29.6 Å². The predicted molar refractivity (Wildman–Crippen MR) is 79.0 cm³/mol. The number of pyridine rings is 1. The molecule has 106 valence electrons. The van der Waals surface area contributed by atoms with Crippen molar-refractivity contribution in [1.82, 2.24) is 9.97 Å². The number of rotatable bonds is 5. The van der Waals surface area contributed by atoms with Gasteiger partial charge in [0.25, 0.3) is 0 Å². The molecule has 0 spiro atoms. The second-order valence-electron chi connectivity index (χ2n) is 4.15. The van der Waals surface area contributed by atoms with E-state index in [2.05, 4.69) is 20.0 Å². The van der Waals surface area contributed by atoms with Gasteiger partial charge in [-0.15, -0.1) is 11.3 Å². The third-order valence-electron chi connectivity index (χ3n) is 2.74. The van der Waals surface area contributed by atoms with Crippen molar-refractivity contribution in [3.8, 4) is 0 Å². The fourth-order valence-corrected chi connectivity index (χ4v) is 2.38. The first-order valence-corrected chi connectivity index (χ1v) is 6.97. The second-order valence-corrected chi connectivity index (χ2v) is 5.21. The minimum atomic E-state index is -0.469. The van der Waals surface area contributed by atoms with Crippen LogP contribution in [0.2, 0.25) is 0 Å². The first-order chi connectivity index (χ1) is 9.61. The van der Waals surface area contributed by atoms with Crippen molar-refractivity contribution in [2.24, 2.45) is 0 Å². The van der Waals surface area contributed by atoms with Crippen LogP contribution < -0.4 is 11.1 Å². The van der Waals surface area contributed by atoms with Gasteiger partial charge in [0.1, 0.15) is 5.82 Å². The molecule has 0 bridgehead atoms. The van der Waals surface area contributed by atoms with Crippen molar-refractivity contribution in [3.63, 3.8) is 0 Å². The molecule has 0 aliphatic heterocycles. The van der Waals surface area contributed by atoms with E-state index in [-0.39, 0.29) is 0 Å². The quantitative estimate of drug-likeness (QED) is 0.818. The number of thiazole rings is 1. The molecular formula is C13H16N4O2S. The molecule has 0 radical (unpaired) electrons. The van der Waals surface area contributed by atoms with Crippen molar-refractivity contribution >= 4 is 28.8 Å². The average molecular weight is 292 g/mol. The van der Waals surface area contributed by atoms with Gasteiger partial charge in [0.2, 0.25) is 0 Å². The SMILES string of the molecule is COC(=O)c1ccnc(NCCc2csc(C)n2)c1N. The highest BCUT2D eigenvalue weighted by Gasteiger charge is 2.13. The first-order valence-electron chi connectivity index (χ1n) is 6.09. The average Bonchev–Trinajstić information content (AvgIpc) is 2.85. The molecule has 0 fully saturated rings. The topological polar surface area (TPSA) is 90.1 Å². The first kappa shape index (κ1) is 14.3. The Kier molecular flexibility index (Phi) is 4.52. The summed E-state index contributed by atoms with van der Waals surface area (Å²) in [4.78, 5) is 20.0. The predicted octanol–water partition coefficient (Wildman–Crippen LogP) is 1.87. The smallest absolute Gasteiger partial charge is 0.340 e. The van der Waals surface area contributed by atoms with E-state index in [9.17, 15) is 4.79 Å². The molecule has 7 heteroatoms. The minimum absolute atomic E-state index is 0.300. The number of aromatic nitrogens is 2. The summed E-state index contributed by atoms with van der Waals surface area (Å²) < 4.78 is 4.67. The monoisotopic (exact) mass is 292 g/mol. The Bertz CT molecular complexity index is 612. The zero-order valence-corrected chi connectivity index (χ0v) is 12.2. The molecule has 0 unspecified atom stereocenters. The molecule has 0 aromatic carbocycles. The number of nitrogen functional groups attached to an aromatic ring is 1. The van der Waals surface area contributed by atoms with Crippen LogP contribution in [0.3, 0.4) is 0 Å². The highest BCUT2D eigenvalue weighted by molar-refractivity contribution is 7.09. The van der Waals surface area contributed by atoms with Crippen molar-refractivity contribution < 1.29 is 9.53 Å². The number of esters is 1. The summed E-state index contributed by atoms with van der Waals surface area (Å²) in [5.74, 6) is 0.0166. The second kappa shape index (κ2) is 6.33. The number of aryl methyl sites for hydroxylation is 1. The highest BCUT2D eigenvalue weighted by Crippen LogP contribution is 2.20. The zero-order valence-electron chi connectivity index (χ0n) is 11.3. The number of hydrogen-bond acceptors (Lipinski definition) is 7. The fraction of sp³-hybridized carbons (Fsp3) is 0.308. The number of carbonyl (C=O) groups is 1. The number of nitrogens with one attached hydrogen (secondary N) is 1. The summed E-state index contributed by atoms with van der Waals surface area (Å²) in [7, 11) is 1.32. The zero-order chi connectivity index (χ0) is 14.5. The maximum absolute atomic E-state index is 11.5. The standard InChI is InChI=1S/C13H16N4O2S/c1-8-17-9(7-20-8)3-5-15-12-11(14)10(4-6-16-12)13(18)19-2/h4,6-7H,3,5,14H2,1-2H3,(H,15,16). The number of ether oxygens (including phenoxy) is 1. The van der Waals surface area contributed by atoms with Crippen molar-refractivity contribution in [1.29, 1.82) is 0 Å². The van der Waals surface area contributed by atoms with Crippen molar-refractivity contribution in [2.75, 3.05) is 24.7 Å². The van der Waals surface area contributed by atoms with Crippen LogP contribution >= 0.6 is 11.3 Å². The van der Waals surface area contributed by atoms with Gasteiger partial charge in [-0.1, -0.05) is 0 Å². The highest BCUT2D eigenvalue weighted by atomic mass is 32.1. The van der Waals surface area contributed by atoms with Gasteiger partial charge in [-0.2, -0.15) is 0 Å². The molecule has 6 nitrogen and oxygen atoms in total. The van der Waals surface area contributed by atoms with E-state index in [1.807, 2.05) is 12.3 Å². The summed E-state index contributed by atoms with van der Waals surface area (Å²) in [6.45, 7) is 2.62. The van der Waals surface area contributed by atoms with E-state index >= 15 is 0 Å². The molecule has 20 heavy (non-hydrogen) atoms. The van der Waals surface area contributed by atoms with E-state index in [0.29, 0.717) is 23.6 Å². The molecule has 0 amide bonds. The maximum Gasteiger partial charge on any atom is 0.340 e. The molecule has 0 saturated heterocycles. The van der Waals surface area contributed by atoms with Gasteiger partial charge >= 0.3 is 5.97 Å². The van der Waals surface area contributed by atoms with E-state index in [1.165, 1.54) is 19.4 Å². The molecule has 3 N–H and O–H groups in total. The van der Waals surface area contributed by atoms with Crippen LogP contribution in [0.4, 0.5) is 11.5 Å². The number of nitrogens with two attached hydrogens (primary N) is 1. The lowest BCUT2D eigenvalue weighted by Crippen LogP contribution is -2.12. The van der Waals surface area contributed by atoms with E-state index < -0.39 is 5.97 Å². The van der Waals surface area contributed by atoms with Crippen molar-refractivity contribution in [2.45, 2.75) is 13.3 Å². The molecule has 0 saturated carbocycles. The Balaban J connectivity index is 2.01. The van der Waals surface area contributed by atoms with Gasteiger partial charge in [-0.25, -0.2) is 14.8 Å². The van der Waals surface area contributed by atoms with Crippen molar-refractivity contribution in [3.05, 3.63) is 33.9 Å². The lowest BCUT2D eigenvalue weighted by molar-refractivity contribution is 0.0602. The lowest BCUT2D eigenvalue weighted by atomic mass is 10.2. The number of hydrogen-bond donors (Lipinski definition) is 2. The van der Waals surface area contributed by atoms with Crippen LogP contribution in [0.15, 0.2) is 17.6 Å². The van der Waals surface area contributed by atoms with E-state index in [4.69, 9.17) is 5.73 Å². The molecular weight excluding hydrogens is 276 g/mol. The van der Waals surface area contributed by atoms with E-state index in [0.717, 1.165) is 17.1 Å². The third kappa shape index (κ3) is 3.24. The fourth-order valence-electron chi connectivity index (χ4n) is 1.73. The minimum Gasteiger partial charge on any atom is -0.465 e. The summed E-state index contributed by atoms with van der Waals surface area (Å²) >= 11 is 1.62. The Morgan fingerprint density at radius 1 is 1.55 bits per heavy atom. The summed E-state index contributed by atoms with van der Waals surface area (Å²) in [6, 6.07) is 1.54. The Morgan fingerprint density at radius 3 is 3.00 bits per heavy atom. The largest absolute Gasteiger partial charge is 0.465 e. The lowest BCUT2D eigenvalue weighted by Gasteiger charge is -2.10. The van der Waals surface area contributed by atoms with Crippen LogP contribution in [0, 0.1) is 6.92 Å². The molecule has 0 aliphatic carbocycles. The molecule has 2 rings (SSSR count). The van der Waals surface area contributed by atoms with Gasteiger partial charge in [0.15, 0.2) is 0 Å². The summed E-state index contributed by atoms with van der Waals surface area (Å²) in [6.07, 6.45) is 2.30. The van der Waals surface area contributed by atoms with Crippen LogP contribution in [-0.2, 0) is 11.2 Å². The van der Waals surface area contributed by atoms with Gasteiger partial charge in [0, 0.05) is 24.5 Å². The summed E-state index contributed by atoms with van der Waals surface area (Å²) in [5.41, 5.74) is 7.55. The van der Waals surface area contributed by atoms with Gasteiger partial charge in [-0.3, -0.25) is 0 Å². The van der Waals surface area contributed by atoms with E-state index in [1.54, 1.807) is 11.3 Å². The molecule has 0 aliphatic rings. The Hall–Kier alpha value is -2.15. The summed E-state index contributed by atoms with van der Waals surface area (Å²) in [5, 5.41) is 6.18. The third-order valence-corrected chi connectivity index (χ3v) is 3.56. The number of anilines is 2. The molecule has 2 aromatic heterocycles. The van der Waals surface area contributed by atoms with Crippen LogP contribution in [0.5, 0.6) is 0 Å². The Labute approximate surface area is 121 Å².